The Morgan fingerprint density at radius 1 is 1.31 bits per heavy atom. The second-order valence-corrected chi connectivity index (χ2v) is 5.32. The van der Waals surface area contributed by atoms with Crippen molar-refractivity contribution in [2.45, 2.75) is 44.1 Å². The summed E-state index contributed by atoms with van der Waals surface area (Å²) >= 11 is 0. The highest BCUT2D eigenvalue weighted by Gasteiger charge is 2.42. The van der Waals surface area contributed by atoms with Gasteiger partial charge in [-0.2, -0.15) is 0 Å². The summed E-state index contributed by atoms with van der Waals surface area (Å²) in [5, 5.41) is 23.2. The first-order valence-corrected chi connectivity index (χ1v) is 6.27. The van der Waals surface area contributed by atoms with Crippen LogP contribution in [-0.4, -0.2) is 46.7 Å². The van der Waals surface area contributed by atoms with Crippen molar-refractivity contribution in [3.63, 3.8) is 0 Å². The van der Waals surface area contributed by atoms with Gasteiger partial charge >= 0.3 is 0 Å². The first-order chi connectivity index (χ1) is 7.65. The lowest BCUT2D eigenvalue weighted by Crippen LogP contribution is -2.52. The molecule has 0 radical (unpaired) electrons. The third kappa shape index (κ3) is 2.23. The van der Waals surface area contributed by atoms with E-state index in [2.05, 4.69) is 17.1 Å². The van der Waals surface area contributed by atoms with Crippen molar-refractivity contribution in [1.82, 2.24) is 4.90 Å². The van der Waals surface area contributed by atoms with Crippen LogP contribution < -0.4 is 0 Å². The SMILES string of the molecule is CN1CCC(=NO)C(C2(O)CCCCC2)C1. The van der Waals surface area contributed by atoms with Crippen LogP contribution in [0.25, 0.3) is 0 Å². The third-order valence-corrected chi connectivity index (χ3v) is 4.14. The Bertz CT molecular complexity index is 272. The van der Waals surface area contributed by atoms with Gasteiger partial charge in [0.25, 0.3) is 0 Å². The molecule has 2 N–H and O–H groups in total. The monoisotopic (exact) mass is 226 g/mol. The first kappa shape index (κ1) is 11.9. The number of rotatable bonds is 1. The second kappa shape index (κ2) is 4.72. The molecule has 1 aliphatic heterocycles. The van der Waals surface area contributed by atoms with Gasteiger partial charge in [-0.3, -0.25) is 0 Å². The highest BCUT2D eigenvalue weighted by molar-refractivity contribution is 5.88. The van der Waals surface area contributed by atoms with Crippen molar-refractivity contribution in [3.05, 3.63) is 0 Å². The standard InChI is InChI=1S/C12H22N2O2/c1-14-8-5-11(13-16)10(9-14)12(15)6-3-2-4-7-12/h10,15-16H,2-9H2,1H3. The van der Waals surface area contributed by atoms with Crippen LogP contribution in [0.2, 0.25) is 0 Å². The highest BCUT2D eigenvalue weighted by Crippen LogP contribution is 2.37. The minimum Gasteiger partial charge on any atom is -0.411 e. The summed E-state index contributed by atoms with van der Waals surface area (Å²) in [5.74, 6) is 0.0246. The number of oxime groups is 1. The normalized spacial score (nSPS) is 34.1. The molecule has 1 unspecified atom stereocenters. The van der Waals surface area contributed by atoms with Crippen molar-refractivity contribution in [2.75, 3.05) is 20.1 Å². The molecule has 0 amide bonds. The molecule has 4 heteroatoms. The van der Waals surface area contributed by atoms with Gasteiger partial charge in [0, 0.05) is 25.4 Å². The molecule has 2 fully saturated rings. The Hall–Kier alpha value is -0.610. The maximum Gasteiger partial charge on any atom is 0.0741 e. The third-order valence-electron chi connectivity index (χ3n) is 4.14. The Morgan fingerprint density at radius 2 is 2.00 bits per heavy atom. The number of hydrogen-bond donors (Lipinski definition) is 2. The van der Waals surface area contributed by atoms with Gasteiger partial charge in [-0.05, 0) is 19.9 Å². The van der Waals surface area contributed by atoms with Gasteiger partial charge in [0.15, 0.2) is 0 Å². The van der Waals surface area contributed by atoms with Crippen molar-refractivity contribution in [3.8, 4) is 0 Å². The number of likely N-dealkylation sites (tertiary alicyclic amines) is 1. The Morgan fingerprint density at radius 3 is 2.62 bits per heavy atom. The molecule has 1 aliphatic carbocycles. The lowest BCUT2D eigenvalue weighted by molar-refractivity contribution is -0.0389. The molecule has 2 aliphatic rings. The molecule has 1 saturated carbocycles. The van der Waals surface area contributed by atoms with Gasteiger partial charge in [0.05, 0.1) is 11.3 Å². The summed E-state index contributed by atoms with van der Waals surface area (Å²) in [4.78, 5) is 2.21. The van der Waals surface area contributed by atoms with Gasteiger partial charge < -0.3 is 15.2 Å². The van der Waals surface area contributed by atoms with Gasteiger partial charge in [-0.15, -0.1) is 0 Å². The zero-order valence-corrected chi connectivity index (χ0v) is 10.0. The van der Waals surface area contributed by atoms with E-state index in [1.165, 1.54) is 6.42 Å². The van der Waals surface area contributed by atoms with E-state index in [0.29, 0.717) is 0 Å². The predicted octanol–water partition coefficient (Wildman–Crippen LogP) is 1.46. The summed E-state index contributed by atoms with van der Waals surface area (Å²) in [6, 6.07) is 0. The number of hydrogen-bond acceptors (Lipinski definition) is 4. The van der Waals surface area contributed by atoms with Crippen LogP contribution in [0.5, 0.6) is 0 Å². The minimum absolute atomic E-state index is 0.0246. The topological polar surface area (TPSA) is 56.1 Å². The minimum atomic E-state index is -0.630. The van der Waals surface area contributed by atoms with E-state index in [4.69, 9.17) is 5.21 Å². The van der Waals surface area contributed by atoms with Gasteiger partial charge in [-0.1, -0.05) is 24.4 Å². The largest absolute Gasteiger partial charge is 0.411 e. The molecular formula is C12H22N2O2. The second-order valence-electron chi connectivity index (χ2n) is 5.32. The lowest BCUT2D eigenvalue weighted by Gasteiger charge is -2.43. The zero-order valence-electron chi connectivity index (χ0n) is 10.0. The Labute approximate surface area is 96.9 Å². The van der Waals surface area contributed by atoms with Gasteiger partial charge in [0.1, 0.15) is 0 Å². The zero-order chi connectivity index (χ0) is 11.6. The average molecular weight is 226 g/mol. The summed E-state index contributed by atoms with van der Waals surface area (Å²) < 4.78 is 0. The summed E-state index contributed by atoms with van der Waals surface area (Å²) in [7, 11) is 2.06. The summed E-state index contributed by atoms with van der Waals surface area (Å²) in [5.41, 5.74) is 0.164. The number of piperidine rings is 1. The van der Waals surface area contributed by atoms with Gasteiger partial charge in [-0.25, -0.2) is 0 Å². The molecule has 0 aromatic rings. The fraction of sp³-hybridized carbons (Fsp3) is 0.917. The average Bonchev–Trinajstić information content (AvgIpc) is 2.30. The van der Waals surface area contributed by atoms with Crippen molar-refractivity contribution in [2.24, 2.45) is 11.1 Å². The predicted molar refractivity (Wildman–Crippen MR) is 62.9 cm³/mol. The van der Waals surface area contributed by atoms with Crippen LogP contribution in [0.3, 0.4) is 0 Å². The molecule has 1 saturated heterocycles. The van der Waals surface area contributed by atoms with Crippen molar-refractivity contribution < 1.29 is 10.3 Å². The smallest absolute Gasteiger partial charge is 0.0741 e. The van der Waals surface area contributed by atoms with E-state index in [1.807, 2.05) is 0 Å². The van der Waals surface area contributed by atoms with Crippen LogP contribution in [-0.2, 0) is 0 Å². The van der Waals surface area contributed by atoms with Crippen LogP contribution in [0.15, 0.2) is 5.16 Å². The van der Waals surface area contributed by atoms with Crippen LogP contribution >= 0.6 is 0 Å². The molecule has 0 spiro atoms. The maximum atomic E-state index is 10.7. The first-order valence-electron chi connectivity index (χ1n) is 6.27. The fourth-order valence-electron chi connectivity index (χ4n) is 3.10. The van der Waals surface area contributed by atoms with Gasteiger partial charge in [0.2, 0.25) is 0 Å². The van der Waals surface area contributed by atoms with E-state index in [1.54, 1.807) is 0 Å². The van der Waals surface area contributed by atoms with E-state index in [-0.39, 0.29) is 5.92 Å². The highest BCUT2D eigenvalue weighted by atomic mass is 16.4. The summed E-state index contributed by atoms with van der Waals surface area (Å²) in [6.45, 7) is 1.74. The lowest BCUT2D eigenvalue weighted by atomic mass is 9.72. The van der Waals surface area contributed by atoms with E-state index < -0.39 is 5.60 Å². The molecule has 1 heterocycles. The van der Waals surface area contributed by atoms with E-state index >= 15 is 0 Å². The molecule has 16 heavy (non-hydrogen) atoms. The fourth-order valence-corrected chi connectivity index (χ4v) is 3.10. The molecular weight excluding hydrogens is 204 g/mol. The number of nitrogens with zero attached hydrogens (tertiary/aromatic N) is 2. The Balaban J connectivity index is 2.15. The van der Waals surface area contributed by atoms with E-state index in [9.17, 15) is 5.11 Å². The number of aliphatic hydroxyl groups is 1. The molecule has 0 aromatic heterocycles. The van der Waals surface area contributed by atoms with Crippen LogP contribution in [0.4, 0.5) is 0 Å². The summed E-state index contributed by atoms with van der Waals surface area (Å²) in [6.07, 6.45) is 5.89. The van der Waals surface area contributed by atoms with Crippen molar-refractivity contribution >= 4 is 5.71 Å². The molecule has 1 atom stereocenters. The van der Waals surface area contributed by atoms with Crippen molar-refractivity contribution in [1.29, 1.82) is 0 Å². The van der Waals surface area contributed by atoms with Crippen LogP contribution in [0.1, 0.15) is 38.5 Å². The molecule has 4 nitrogen and oxygen atoms in total. The Kier molecular flexibility index (Phi) is 3.50. The van der Waals surface area contributed by atoms with Crippen LogP contribution in [0, 0.1) is 5.92 Å². The maximum absolute atomic E-state index is 10.7. The molecule has 0 aromatic carbocycles. The molecule has 2 rings (SSSR count). The van der Waals surface area contributed by atoms with E-state index in [0.717, 1.165) is 50.9 Å². The quantitative estimate of drug-likeness (QED) is 0.526. The molecule has 92 valence electrons. The molecule has 0 bridgehead atoms.